The van der Waals surface area contributed by atoms with Gasteiger partial charge in [-0.25, -0.2) is 0 Å². The van der Waals surface area contributed by atoms with E-state index in [1.807, 2.05) is 0 Å². The fourth-order valence-corrected chi connectivity index (χ4v) is 1.58. The van der Waals surface area contributed by atoms with Crippen molar-refractivity contribution in [1.29, 1.82) is 0 Å². The molecule has 1 unspecified atom stereocenters. The van der Waals surface area contributed by atoms with Gasteiger partial charge in [0.15, 0.2) is 0 Å². The van der Waals surface area contributed by atoms with Crippen molar-refractivity contribution in [3.63, 3.8) is 0 Å². The van der Waals surface area contributed by atoms with E-state index in [1.54, 1.807) is 0 Å². The van der Waals surface area contributed by atoms with Gasteiger partial charge in [0.2, 0.25) is 0 Å². The fourth-order valence-electron chi connectivity index (χ4n) is 1.58. The highest BCUT2D eigenvalue weighted by molar-refractivity contribution is 5.69. The summed E-state index contributed by atoms with van der Waals surface area (Å²) in [6.45, 7) is 9.58. The second-order valence-corrected chi connectivity index (χ2v) is 5.13. The molecule has 0 aliphatic carbocycles. The van der Waals surface area contributed by atoms with Gasteiger partial charge in [0.05, 0.1) is 6.61 Å². The van der Waals surface area contributed by atoms with Gasteiger partial charge in [-0.05, 0) is 30.7 Å². The molecule has 0 aliphatic heterocycles. The standard InChI is InChI=1S/C13H27NO2/c1-5-11(4)9-16-13(15)7-12(8-14)6-10(2)3/h10-12H,5-9,14H2,1-4H3/t11?,12-/m0/s1. The third kappa shape index (κ3) is 7.69. The Kier molecular flexibility index (Phi) is 8.26. The highest BCUT2D eigenvalue weighted by Crippen LogP contribution is 2.15. The maximum Gasteiger partial charge on any atom is 0.306 e. The SMILES string of the molecule is CCC(C)COC(=O)C[C@@H](CN)CC(C)C. The Morgan fingerprint density at radius 2 is 1.94 bits per heavy atom. The van der Waals surface area contributed by atoms with Gasteiger partial charge in [0.25, 0.3) is 0 Å². The Morgan fingerprint density at radius 3 is 2.38 bits per heavy atom. The number of nitrogens with two attached hydrogens (primary N) is 1. The monoisotopic (exact) mass is 229 g/mol. The van der Waals surface area contributed by atoms with E-state index < -0.39 is 0 Å². The van der Waals surface area contributed by atoms with Crippen molar-refractivity contribution in [2.75, 3.05) is 13.2 Å². The molecule has 0 fully saturated rings. The maximum absolute atomic E-state index is 11.5. The number of rotatable bonds is 8. The van der Waals surface area contributed by atoms with Gasteiger partial charge in [-0.3, -0.25) is 4.79 Å². The predicted octanol–water partition coefficient (Wildman–Crippen LogP) is 2.59. The molecule has 0 aromatic rings. The minimum atomic E-state index is -0.101. The Bertz CT molecular complexity index is 192. The second kappa shape index (κ2) is 8.57. The molecule has 96 valence electrons. The van der Waals surface area contributed by atoms with Gasteiger partial charge < -0.3 is 10.5 Å². The zero-order valence-corrected chi connectivity index (χ0v) is 11.2. The quantitative estimate of drug-likeness (QED) is 0.651. The molecule has 0 amide bonds. The van der Waals surface area contributed by atoms with Crippen molar-refractivity contribution in [3.8, 4) is 0 Å². The van der Waals surface area contributed by atoms with E-state index in [4.69, 9.17) is 10.5 Å². The molecule has 0 bridgehead atoms. The molecule has 0 saturated carbocycles. The zero-order valence-electron chi connectivity index (χ0n) is 11.2. The number of carbonyl (C=O) groups excluding carboxylic acids is 1. The second-order valence-electron chi connectivity index (χ2n) is 5.13. The van der Waals surface area contributed by atoms with Gasteiger partial charge in [0.1, 0.15) is 0 Å². The summed E-state index contributed by atoms with van der Waals surface area (Å²) in [6, 6.07) is 0. The molecule has 0 saturated heterocycles. The third-order valence-corrected chi connectivity index (χ3v) is 2.82. The number of esters is 1. The number of hydrogen-bond acceptors (Lipinski definition) is 3. The lowest BCUT2D eigenvalue weighted by Crippen LogP contribution is -2.22. The molecule has 0 heterocycles. The molecule has 0 rings (SSSR count). The third-order valence-electron chi connectivity index (χ3n) is 2.82. The fraction of sp³-hybridized carbons (Fsp3) is 0.923. The molecule has 0 radical (unpaired) electrons. The summed E-state index contributed by atoms with van der Waals surface area (Å²) >= 11 is 0. The molecule has 3 nitrogen and oxygen atoms in total. The van der Waals surface area contributed by atoms with Crippen LogP contribution in [-0.2, 0) is 9.53 Å². The van der Waals surface area contributed by atoms with E-state index >= 15 is 0 Å². The molecular weight excluding hydrogens is 202 g/mol. The van der Waals surface area contributed by atoms with E-state index in [2.05, 4.69) is 27.7 Å². The Labute approximate surface area is 99.7 Å². The molecule has 2 atom stereocenters. The highest BCUT2D eigenvalue weighted by atomic mass is 16.5. The smallest absolute Gasteiger partial charge is 0.306 e. The first-order valence-electron chi connectivity index (χ1n) is 6.35. The van der Waals surface area contributed by atoms with Crippen LogP contribution in [0, 0.1) is 17.8 Å². The number of ether oxygens (including phenoxy) is 1. The van der Waals surface area contributed by atoms with Crippen LogP contribution in [0.25, 0.3) is 0 Å². The lowest BCUT2D eigenvalue weighted by Gasteiger charge is -2.17. The predicted molar refractivity (Wildman–Crippen MR) is 67.0 cm³/mol. The minimum Gasteiger partial charge on any atom is -0.465 e. The van der Waals surface area contributed by atoms with Crippen LogP contribution in [0.3, 0.4) is 0 Å². The first kappa shape index (κ1) is 15.4. The van der Waals surface area contributed by atoms with Gasteiger partial charge in [-0.1, -0.05) is 34.1 Å². The Morgan fingerprint density at radius 1 is 1.31 bits per heavy atom. The van der Waals surface area contributed by atoms with Crippen LogP contribution >= 0.6 is 0 Å². The first-order valence-corrected chi connectivity index (χ1v) is 6.35. The molecule has 0 aliphatic rings. The lowest BCUT2D eigenvalue weighted by molar-refractivity contribution is -0.146. The maximum atomic E-state index is 11.5. The summed E-state index contributed by atoms with van der Waals surface area (Å²) < 4.78 is 5.21. The summed E-state index contributed by atoms with van der Waals surface area (Å²) in [5.41, 5.74) is 5.64. The van der Waals surface area contributed by atoms with Crippen LogP contribution in [0.5, 0.6) is 0 Å². The van der Waals surface area contributed by atoms with Crippen molar-refractivity contribution in [1.82, 2.24) is 0 Å². The normalized spacial score (nSPS) is 14.9. The van der Waals surface area contributed by atoms with E-state index in [-0.39, 0.29) is 11.9 Å². The summed E-state index contributed by atoms with van der Waals surface area (Å²) in [5, 5.41) is 0. The van der Waals surface area contributed by atoms with Gasteiger partial charge in [-0.2, -0.15) is 0 Å². The Hall–Kier alpha value is -0.570. The van der Waals surface area contributed by atoms with Crippen molar-refractivity contribution < 1.29 is 9.53 Å². The van der Waals surface area contributed by atoms with Gasteiger partial charge in [-0.15, -0.1) is 0 Å². The first-order chi connectivity index (χ1) is 7.49. The molecule has 16 heavy (non-hydrogen) atoms. The van der Waals surface area contributed by atoms with Crippen LogP contribution in [0.4, 0.5) is 0 Å². The van der Waals surface area contributed by atoms with Crippen LogP contribution in [0.15, 0.2) is 0 Å². The van der Waals surface area contributed by atoms with Crippen molar-refractivity contribution in [2.24, 2.45) is 23.5 Å². The summed E-state index contributed by atoms with van der Waals surface area (Å²) in [6.07, 6.45) is 2.50. The average molecular weight is 229 g/mol. The molecule has 0 aromatic heterocycles. The zero-order chi connectivity index (χ0) is 12.6. The van der Waals surface area contributed by atoms with Crippen LogP contribution < -0.4 is 5.73 Å². The topological polar surface area (TPSA) is 52.3 Å². The van der Waals surface area contributed by atoms with Crippen molar-refractivity contribution >= 4 is 5.97 Å². The van der Waals surface area contributed by atoms with E-state index in [0.29, 0.717) is 31.4 Å². The molecule has 2 N–H and O–H groups in total. The molecule has 0 spiro atoms. The number of hydrogen-bond donors (Lipinski definition) is 1. The summed E-state index contributed by atoms with van der Waals surface area (Å²) in [5.74, 6) is 1.20. The Balaban J connectivity index is 3.82. The average Bonchev–Trinajstić information content (AvgIpc) is 2.24. The van der Waals surface area contributed by atoms with E-state index in [1.165, 1.54) is 0 Å². The largest absolute Gasteiger partial charge is 0.465 e. The lowest BCUT2D eigenvalue weighted by atomic mass is 9.94. The van der Waals surface area contributed by atoms with Gasteiger partial charge >= 0.3 is 5.97 Å². The van der Waals surface area contributed by atoms with Crippen LogP contribution in [0.1, 0.15) is 47.0 Å². The van der Waals surface area contributed by atoms with Gasteiger partial charge in [0, 0.05) is 6.42 Å². The molecular formula is C13H27NO2. The highest BCUT2D eigenvalue weighted by Gasteiger charge is 2.15. The molecule has 3 heteroatoms. The van der Waals surface area contributed by atoms with Crippen LogP contribution in [-0.4, -0.2) is 19.1 Å². The summed E-state index contributed by atoms with van der Waals surface area (Å²) in [4.78, 5) is 11.5. The van der Waals surface area contributed by atoms with Crippen molar-refractivity contribution in [3.05, 3.63) is 0 Å². The minimum absolute atomic E-state index is 0.101. The summed E-state index contributed by atoms with van der Waals surface area (Å²) in [7, 11) is 0. The number of carbonyl (C=O) groups is 1. The van der Waals surface area contributed by atoms with E-state index in [0.717, 1.165) is 12.8 Å². The molecule has 0 aromatic carbocycles. The van der Waals surface area contributed by atoms with E-state index in [9.17, 15) is 4.79 Å². The van der Waals surface area contributed by atoms with Crippen LogP contribution in [0.2, 0.25) is 0 Å². The van der Waals surface area contributed by atoms with Crippen molar-refractivity contribution in [2.45, 2.75) is 47.0 Å².